The van der Waals surface area contributed by atoms with Crippen molar-refractivity contribution >= 4 is 10.9 Å². The lowest BCUT2D eigenvalue weighted by molar-refractivity contribution is 0.202. The molecule has 0 aliphatic heterocycles. The Kier molecular flexibility index (Phi) is 3.29. The molecule has 1 N–H and O–H groups in total. The van der Waals surface area contributed by atoms with Gasteiger partial charge in [-0.1, -0.05) is 12.1 Å². The van der Waals surface area contributed by atoms with E-state index in [1.165, 1.54) is 0 Å². The fourth-order valence-electron chi connectivity index (χ4n) is 2.01. The topological polar surface area (TPSA) is 42.1 Å². The Balaban J connectivity index is 2.68. The molecule has 0 aliphatic rings. The zero-order valence-corrected chi connectivity index (χ0v) is 10.5. The third-order valence-corrected chi connectivity index (χ3v) is 3.19. The van der Waals surface area contributed by atoms with Crippen LogP contribution in [0.15, 0.2) is 23.0 Å². The fourth-order valence-corrected chi connectivity index (χ4v) is 2.01. The molecule has 0 spiro atoms. The van der Waals surface area contributed by atoms with Crippen molar-refractivity contribution < 1.29 is 4.74 Å². The van der Waals surface area contributed by atoms with E-state index < -0.39 is 0 Å². The van der Waals surface area contributed by atoms with Crippen molar-refractivity contribution in [3.05, 3.63) is 45.2 Å². The number of methoxy groups -OCH3 is 1. The number of H-pyrrole nitrogens is 1. The summed E-state index contributed by atoms with van der Waals surface area (Å²) in [5.41, 5.74) is 3.92. The van der Waals surface area contributed by atoms with Gasteiger partial charge < -0.3 is 9.72 Å². The lowest BCUT2D eigenvalue weighted by Gasteiger charge is -2.09. The van der Waals surface area contributed by atoms with E-state index in [9.17, 15) is 4.79 Å². The molecular weight excluding hydrogens is 214 g/mol. The summed E-state index contributed by atoms with van der Waals surface area (Å²) < 4.78 is 5.09. The largest absolute Gasteiger partial charge is 0.384 e. The molecule has 0 fully saturated rings. The summed E-state index contributed by atoms with van der Waals surface area (Å²) in [5, 5.41) is 0.765. The second-order valence-electron chi connectivity index (χ2n) is 4.29. The van der Waals surface area contributed by atoms with Gasteiger partial charge in [-0.25, -0.2) is 0 Å². The number of aromatic nitrogens is 1. The maximum atomic E-state index is 12.1. The lowest BCUT2D eigenvalue weighted by Crippen LogP contribution is -2.11. The third-order valence-electron chi connectivity index (χ3n) is 3.19. The summed E-state index contributed by atoms with van der Waals surface area (Å²) in [7, 11) is 1.68. The monoisotopic (exact) mass is 231 g/mol. The lowest BCUT2D eigenvalue weighted by atomic mass is 10.0. The minimum Gasteiger partial charge on any atom is -0.384 e. The number of aryl methyl sites for hydroxylation is 1. The van der Waals surface area contributed by atoms with Crippen LogP contribution in [0, 0.1) is 13.8 Å². The van der Waals surface area contributed by atoms with Crippen molar-refractivity contribution in [2.75, 3.05) is 13.7 Å². The third kappa shape index (κ3) is 2.11. The first kappa shape index (κ1) is 11.9. The molecule has 0 saturated heterocycles. The summed E-state index contributed by atoms with van der Waals surface area (Å²) in [4.78, 5) is 15.4. The highest BCUT2D eigenvalue weighted by Gasteiger charge is 2.08. The van der Waals surface area contributed by atoms with Crippen molar-refractivity contribution in [3.63, 3.8) is 0 Å². The van der Waals surface area contributed by atoms with Gasteiger partial charge in [-0.2, -0.15) is 0 Å². The van der Waals surface area contributed by atoms with Gasteiger partial charge in [-0.05, 0) is 31.9 Å². The second kappa shape index (κ2) is 4.72. The Labute approximate surface area is 100 Å². The van der Waals surface area contributed by atoms with Crippen molar-refractivity contribution in [1.29, 1.82) is 0 Å². The molecule has 0 aliphatic carbocycles. The normalized spacial score (nSPS) is 11.0. The molecule has 0 radical (unpaired) electrons. The van der Waals surface area contributed by atoms with Crippen LogP contribution in [0.5, 0.6) is 0 Å². The van der Waals surface area contributed by atoms with Gasteiger partial charge >= 0.3 is 0 Å². The average molecular weight is 231 g/mol. The summed E-state index contributed by atoms with van der Waals surface area (Å²) in [6, 6.07) is 5.83. The number of fused-ring (bicyclic) bond motifs is 1. The van der Waals surface area contributed by atoms with Crippen LogP contribution in [0.3, 0.4) is 0 Å². The van der Waals surface area contributed by atoms with Crippen LogP contribution in [0.25, 0.3) is 10.9 Å². The smallest absolute Gasteiger partial charge is 0.192 e. The standard InChI is InChI=1S/C14H17NO2/c1-9-10(2)15-13-11(7-8-17-3)5-4-6-12(13)14(9)16/h4-6H,7-8H2,1-3H3,(H,15,16). The van der Waals surface area contributed by atoms with Crippen molar-refractivity contribution in [3.8, 4) is 0 Å². The van der Waals surface area contributed by atoms with Crippen LogP contribution in [0.2, 0.25) is 0 Å². The highest BCUT2D eigenvalue weighted by Crippen LogP contribution is 2.16. The molecule has 0 unspecified atom stereocenters. The maximum Gasteiger partial charge on any atom is 0.192 e. The molecule has 0 saturated carbocycles. The molecule has 17 heavy (non-hydrogen) atoms. The highest BCUT2D eigenvalue weighted by molar-refractivity contribution is 5.82. The Morgan fingerprint density at radius 2 is 2.06 bits per heavy atom. The molecule has 90 valence electrons. The molecule has 0 atom stereocenters. The summed E-state index contributed by atoms with van der Waals surface area (Å²) in [6.45, 7) is 4.45. The van der Waals surface area contributed by atoms with E-state index in [-0.39, 0.29) is 5.43 Å². The van der Waals surface area contributed by atoms with Gasteiger partial charge in [0.15, 0.2) is 5.43 Å². The quantitative estimate of drug-likeness (QED) is 0.881. The van der Waals surface area contributed by atoms with Gasteiger partial charge in [-0.3, -0.25) is 4.79 Å². The van der Waals surface area contributed by atoms with Gasteiger partial charge in [0.05, 0.1) is 12.1 Å². The molecule has 1 aromatic heterocycles. The van der Waals surface area contributed by atoms with Crippen LogP contribution < -0.4 is 5.43 Å². The number of rotatable bonds is 3. The number of hydrogen-bond donors (Lipinski definition) is 1. The Bertz CT molecular complexity index is 599. The average Bonchev–Trinajstić information content (AvgIpc) is 2.34. The second-order valence-corrected chi connectivity index (χ2v) is 4.29. The number of nitrogens with one attached hydrogen (secondary N) is 1. The molecule has 2 rings (SSSR count). The Morgan fingerprint density at radius 3 is 2.76 bits per heavy atom. The van der Waals surface area contributed by atoms with E-state index in [4.69, 9.17) is 4.74 Å². The minimum absolute atomic E-state index is 0.121. The van der Waals surface area contributed by atoms with E-state index in [0.717, 1.165) is 34.1 Å². The number of pyridine rings is 1. The summed E-state index contributed by atoms with van der Waals surface area (Å²) >= 11 is 0. The first-order valence-corrected chi connectivity index (χ1v) is 5.75. The van der Waals surface area contributed by atoms with Crippen molar-refractivity contribution in [1.82, 2.24) is 4.98 Å². The van der Waals surface area contributed by atoms with Crippen LogP contribution in [0.1, 0.15) is 16.8 Å². The SMILES string of the molecule is COCCc1cccc2c(=O)c(C)c(C)[nH]c12. The first-order chi connectivity index (χ1) is 8.15. The predicted molar refractivity (Wildman–Crippen MR) is 69.6 cm³/mol. The first-order valence-electron chi connectivity index (χ1n) is 5.75. The molecule has 0 amide bonds. The van der Waals surface area contributed by atoms with E-state index >= 15 is 0 Å². The predicted octanol–water partition coefficient (Wildman–Crippen LogP) is 2.33. The van der Waals surface area contributed by atoms with Crippen LogP contribution >= 0.6 is 0 Å². The van der Waals surface area contributed by atoms with Gasteiger partial charge in [0.1, 0.15) is 0 Å². The van der Waals surface area contributed by atoms with Crippen LogP contribution in [0.4, 0.5) is 0 Å². The number of aromatic amines is 1. The molecule has 0 bridgehead atoms. The van der Waals surface area contributed by atoms with E-state index in [1.807, 2.05) is 32.0 Å². The Morgan fingerprint density at radius 1 is 1.29 bits per heavy atom. The zero-order valence-electron chi connectivity index (χ0n) is 10.5. The van der Waals surface area contributed by atoms with Gasteiger partial charge in [0.25, 0.3) is 0 Å². The summed E-state index contributed by atoms with van der Waals surface area (Å²) in [6.07, 6.45) is 0.812. The summed E-state index contributed by atoms with van der Waals surface area (Å²) in [5.74, 6) is 0. The van der Waals surface area contributed by atoms with E-state index in [1.54, 1.807) is 7.11 Å². The van der Waals surface area contributed by atoms with Gasteiger partial charge in [0, 0.05) is 23.8 Å². The van der Waals surface area contributed by atoms with Gasteiger partial charge in [-0.15, -0.1) is 0 Å². The zero-order chi connectivity index (χ0) is 12.4. The molecule has 3 heteroatoms. The van der Waals surface area contributed by atoms with E-state index in [0.29, 0.717) is 6.61 Å². The molecule has 1 heterocycles. The minimum atomic E-state index is 0.121. The van der Waals surface area contributed by atoms with Crippen LogP contribution in [-0.2, 0) is 11.2 Å². The highest BCUT2D eigenvalue weighted by atomic mass is 16.5. The number of para-hydroxylation sites is 1. The number of benzene rings is 1. The molecular formula is C14H17NO2. The fraction of sp³-hybridized carbons (Fsp3) is 0.357. The number of ether oxygens (including phenoxy) is 1. The van der Waals surface area contributed by atoms with Crippen LogP contribution in [-0.4, -0.2) is 18.7 Å². The molecule has 2 aromatic rings. The Hall–Kier alpha value is -1.61. The maximum absolute atomic E-state index is 12.1. The molecule has 1 aromatic carbocycles. The number of hydrogen-bond acceptors (Lipinski definition) is 2. The molecule has 3 nitrogen and oxygen atoms in total. The van der Waals surface area contributed by atoms with E-state index in [2.05, 4.69) is 4.98 Å². The van der Waals surface area contributed by atoms with Gasteiger partial charge in [0.2, 0.25) is 0 Å². The van der Waals surface area contributed by atoms with Crippen molar-refractivity contribution in [2.24, 2.45) is 0 Å². The van der Waals surface area contributed by atoms with Crippen molar-refractivity contribution in [2.45, 2.75) is 20.3 Å².